The van der Waals surface area contributed by atoms with Crippen LogP contribution >= 0.6 is 0 Å². The van der Waals surface area contributed by atoms with Gasteiger partial charge in [-0.1, -0.05) is 19.1 Å². The molecule has 2 aliphatic heterocycles. The quantitative estimate of drug-likeness (QED) is 0.806. The molecule has 2 atom stereocenters. The van der Waals surface area contributed by atoms with Gasteiger partial charge < -0.3 is 14.7 Å². The van der Waals surface area contributed by atoms with E-state index in [9.17, 15) is 9.59 Å². The van der Waals surface area contributed by atoms with E-state index in [0.717, 1.165) is 58.5 Å². The van der Waals surface area contributed by atoms with Gasteiger partial charge in [-0.2, -0.15) is 0 Å². The average Bonchev–Trinajstić information content (AvgIpc) is 3.51. The van der Waals surface area contributed by atoms with E-state index in [1.54, 1.807) is 0 Å². The third-order valence-electron chi connectivity index (χ3n) is 7.03. The molecule has 0 bridgehead atoms. The summed E-state index contributed by atoms with van der Waals surface area (Å²) in [5.74, 6) is 1.01. The molecular weight excluding hydrogens is 350 g/mol. The zero-order valence-electron chi connectivity index (χ0n) is 17.5. The number of hydrogen-bond acceptors (Lipinski definition) is 3. The van der Waals surface area contributed by atoms with Gasteiger partial charge in [0.05, 0.1) is 11.8 Å². The van der Waals surface area contributed by atoms with E-state index in [-0.39, 0.29) is 23.7 Å². The molecule has 0 spiro atoms. The van der Waals surface area contributed by atoms with E-state index < -0.39 is 0 Å². The van der Waals surface area contributed by atoms with E-state index in [4.69, 9.17) is 0 Å². The van der Waals surface area contributed by atoms with E-state index in [2.05, 4.69) is 43.9 Å². The van der Waals surface area contributed by atoms with Crippen LogP contribution in [0.15, 0.2) is 18.2 Å². The van der Waals surface area contributed by atoms with Crippen molar-refractivity contribution in [2.24, 2.45) is 17.8 Å². The number of aryl methyl sites for hydroxylation is 1. The molecular formula is C23H33N3O2. The summed E-state index contributed by atoms with van der Waals surface area (Å²) >= 11 is 0. The molecule has 0 radical (unpaired) electrons. The molecule has 152 valence electrons. The lowest BCUT2D eigenvalue weighted by Gasteiger charge is -2.37. The number of amides is 2. The normalized spacial score (nSPS) is 25.8. The molecule has 3 aliphatic rings. The Morgan fingerprint density at radius 3 is 2.04 bits per heavy atom. The maximum Gasteiger partial charge on any atom is 0.226 e. The van der Waals surface area contributed by atoms with Gasteiger partial charge in [0.25, 0.3) is 0 Å². The Balaban J connectivity index is 1.29. The number of likely N-dealkylation sites (tertiary alicyclic amines) is 1. The summed E-state index contributed by atoms with van der Waals surface area (Å²) in [6.07, 6.45) is 2.94. The lowest BCUT2D eigenvalue weighted by atomic mass is 9.99. The smallest absolute Gasteiger partial charge is 0.226 e. The monoisotopic (exact) mass is 383 g/mol. The Labute approximate surface area is 168 Å². The molecule has 28 heavy (non-hydrogen) atoms. The summed E-state index contributed by atoms with van der Waals surface area (Å²) in [7, 11) is 0. The van der Waals surface area contributed by atoms with E-state index >= 15 is 0 Å². The highest BCUT2D eigenvalue weighted by Gasteiger charge is 2.51. The number of carbonyl (C=O) groups is 2. The first-order chi connectivity index (χ1) is 13.5. The molecule has 2 heterocycles. The van der Waals surface area contributed by atoms with Crippen LogP contribution < -0.4 is 4.90 Å². The second-order valence-electron chi connectivity index (χ2n) is 8.99. The lowest BCUT2D eigenvalue weighted by molar-refractivity contribution is -0.138. The van der Waals surface area contributed by atoms with Crippen molar-refractivity contribution in [3.05, 3.63) is 29.3 Å². The fourth-order valence-electron chi connectivity index (χ4n) is 4.68. The van der Waals surface area contributed by atoms with Crippen LogP contribution in [0.5, 0.6) is 0 Å². The van der Waals surface area contributed by atoms with Crippen LogP contribution in [0.25, 0.3) is 0 Å². The van der Waals surface area contributed by atoms with Gasteiger partial charge in [-0.15, -0.1) is 0 Å². The predicted molar refractivity (Wildman–Crippen MR) is 111 cm³/mol. The minimum Gasteiger partial charge on any atom is -0.368 e. The van der Waals surface area contributed by atoms with Gasteiger partial charge >= 0.3 is 0 Å². The molecule has 2 saturated heterocycles. The predicted octanol–water partition coefficient (Wildman–Crippen LogP) is 2.85. The van der Waals surface area contributed by atoms with Gasteiger partial charge in [-0.05, 0) is 56.2 Å². The fourth-order valence-corrected chi connectivity index (χ4v) is 4.68. The van der Waals surface area contributed by atoms with Gasteiger partial charge in [0, 0.05) is 45.0 Å². The Kier molecular flexibility index (Phi) is 5.35. The third kappa shape index (κ3) is 3.76. The molecule has 3 fully saturated rings. The van der Waals surface area contributed by atoms with Gasteiger partial charge in [-0.25, -0.2) is 0 Å². The van der Waals surface area contributed by atoms with Crippen LogP contribution in [0, 0.1) is 31.6 Å². The summed E-state index contributed by atoms with van der Waals surface area (Å²) in [4.78, 5) is 32.0. The number of piperidine rings is 1. The van der Waals surface area contributed by atoms with Crippen LogP contribution in [0.4, 0.5) is 5.69 Å². The zero-order chi connectivity index (χ0) is 19.8. The van der Waals surface area contributed by atoms with Crippen LogP contribution in [-0.4, -0.2) is 60.9 Å². The van der Waals surface area contributed by atoms with E-state index in [1.165, 1.54) is 16.8 Å². The maximum absolute atomic E-state index is 12.9. The summed E-state index contributed by atoms with van der Waals surface area (Å²) in [5, 5.41) is 0. The number of nitrogens with zero attached hydrogens (tertiary/aromatic N) is 3. The van der Waals surface area contributed by atoms with Crippen molar-refractivity contribution in [3.8, 4) is 0 Å². The largest absolute Gasteiger partial charge is 0.368 e. The van der Waals surface area contributed by atoms with Gasteiger partial charge in [-0.3, -0.25) is 9.59 Å². The van der Waals surface area contributed by atoms with Crippen molar-refractivity contribution >= 4 is 17.5 Å². The van der Waals surface area contributed by atoms with Crippen molar-refractivity contribution in [1.82, 2.24) is 9.80 Å². The standard InChI is InChI=1S/C23H33N3O2/c1-16-7-9-25(10-8-16)22(27)19-15-20(19)23(28)26-13-11-24(12-14-26)21-6-4-5-17(2)18(21)3/h4-6,16,19-20H,7-15H2,1-3H3. The highest BCUT2D eigenvalue weighted by atomic mass is 16.2. The van der Waals surface area contributed by atoms with Gasteiger partial charge in [0.1, 0.15) is 0 Å². The topological polar surface area (TPSA) is 43.9 Å². The Morgan fingerprint density at radius 2 is 1.43 bits per heavy atom. The van der Waals surface area contributed by atoms with Crippen molar-refractivity contribution < 1.29 is 9.59 Å². The second-order valence-corrected chi connectivity index (χ2v) is 8.99. The molecule has 0 N–H and O–H groups in total. The van der Waals surface area contributed by atoms with Crippen molar-refractivity contribution in [3.63, 3.8) is 0 Å². The fraction of sp³-hybridized carbons (Fsp3) is 0.652. The van der Waals surface area contributed by atoms with Crippen LogP contribution in [0.1, 0.15) is 37.3 Å². The molecule has 2 unspecified atom stereocenters. The highest BCUT2D eigenvalue weighted by Crippen LogP contribution is 2.42. The number of piperazine rings is 1. The number of hydrogen-bond donors (Lipinski definition) is 0. The SMILES string of the molecule is Cc1cccc(N2CCN(C(=O)C3CC3C(=O)N3CCC(C)CC3)CC2)c1C. The van der Waals surface area contributed by atoms with Crippen LogP contribution in [0.3, 0.4) is 0 Å². The molecule has 0 aromatic heterocycles. The summed E-state index contributed by atoms with van der Waals surface area (Å²) in [5.41, 5.74) is 3.92. The summed E-state index contributed by atoms with van der Waals surface area (Å²) in [6.45, 7) is 11.5. The molecule has 1 aromatic rings. The first kappa shape index (κ1) is 19.3. The summed E-state index contributed by atoms with van der Waals surface area (Å²) in [6, 6.07) is 6.43. The average molecular weight is 384 g/mol. The van der Waals surface area contributed by atoms with E-state index in [0.29, 0.717) is 5.92 Å². The Hall–Kier alpha value is -2.04. The molecule has 1 saturated carbocycles. The molecule has 1 aliphatic carbocycles. The number of benzene rings is 1. The Morgan fingerprint density at radius 1 is 0.857 bits per heavy atom. The maximum atomic E-state index is 12.9. The summed E-state index contributed by atoms with van der Waals surface area (Å²) < 4.78 is 0. The van der Waals surface area contributed by atoms with Crippen molar-refractivity contribution in [1.29, 1.82) is 0 Å². The van der Waals surface area contributed by atoms with Crippen molar-refractivity contribution in [2.75, 3.05) is 44.2 Å². The van der Waals surface area contributed by atoms with Gasteiger partial charge in [0.2, 0.25) is 11.8 Å². The first-order valence-corrected chi connectivity index (χ1v) is 10.8. The molecule has 2 amide bonds. The zero-order valence-corrected chi connectivity index (χ0v) is 17.5. The number of carbonyl (C=O) groups excluding carboxylic acids is 2. The minimum absolute atomic E-state index is 0.0575. The van der Waals surface area contributed by atoms with Gasteiger partial charge in [0.15, 0.2) is 0 Å². The van der Waals surface area contributed by atoms with Crippen molar-refractivity contribution in [2.45, 2.75) is 40.0 Å². The minimum atomic E-state index is -0.0703. The molecule has 5 heteroatoms. The Bertz CT molecular complexity index is 746. The number of rotatable bonds is 3. The second kappa shape index (κ2) is 7.76. The van der Waals surface area contributed by atoms with E-state index in [1.807, 2.05) is 9.80 Å². The lowest BCUT2D eigenvalue weighted by Crippen LogP contribution is -2.50. The molecule has 4 rings (SSSR count). The molecule has 5 nitrogen and oxygen atoms in total. The number of anilines is 1. The highest BCUT2D eigenvalue weighted by molar-refractivity contribution is 5.92. The van der Waals surface area contributed by atoms with Crippen LogP contribution in [-0.2, 0) is 9.59 Å². The molecule has 1 aromatic carbocycles. The third-order valence-corrected chi connectivity index (χ3v) is 7.03. The van der Waals surface area contributed by atoms with Crippen LogP contribution in [0.2, 0.25) is 0 Å². The first-order valence-electron chi connectivity index (χ1n) is 10.8.